The Hall–Kier alpha value is -1.72. The van der Waals surface area contributed by atoms with E-state index >= 15 is 0 Å². The molecule has 2 heterocycles. The van der Waals surface area contributed by atoms with Gasteiger partial charge < -0.3 is 15.5 Å². The van der Waals surface area contributed by atoms with Gasteiger partial charge in [-0.25, -0.2) is 4.98 Å². The molecule has 0 bridgehead atoms. The molecule has 1 aliphatic heterocycles. The number of anilines is 3. The molecule has 110 valence electrons. The number of hydrogen-bond donors (Lipinski definition) is 1. The van der Waals surface area contributed by atoms with Gasteiger partial charge >= 0.3 is 0 Å². The second-order valence-corrected chi connectivity index (χ2v) is 5.70. The monoisotopic (exact) mass is 323 g/mol. The molecule has 1 saturated heterocycles. The van der Waals surface area contributed by atoms with E-state index in [1.807, 2.05) is 18.2 Å². The molecule has 3 rings (SSSR count). The molecule has 0 radical (unpaired) electrons. The number of nitrogen functional groups attached to an aromatic ring is 1. The van der Waals surface area contributed by atoms with Crippen LogP contribution in [-0.4, -0.2) is 36.1 Å². The fraction of sp³-hybridized carbons (Fsp3) is 0.286. The summed E-state index contributed by atoms with van der Waals surface area (Å²) >= 11 is 12.2. The molecule has 0 saturated carbocycles. The zero-order chi connectivity index (χ0) is 14.8. The van der Waals surface area contributed by atoms with Gasteiger partial charge in [-0.2, -0.15) is 4.98 Å². The van der Waals surface area contributed by atoms with Gasteiger partial charge in [0.1, 0.15) is 5.02 Å². The third kappa shape index (κ3) is 3.14. The van der Waals surface area contributed by atoms with Crippen molar-refractivity contribution in [2.75, 3.05) is 41.7 Å². The van der Waals surface area contributed by atoms with E-state index in [0.717, 1.165) is 36.9 Å². The Labute approximate surface area is 133 Å². The smallest absolute Gasteiger partial charge is 0.222 e. The van der Waals surface area contributed by atoms with E-state index < -0.39 is 0 Å². The van der Waals surface area contributed by atoms with Crippen molar-refractivity contribution in [3.8, 4) is 0 Å². The van der Waals surface area contributed by atoms with Crippen molar-refractivity contribution in [2.24, 2.45) is 0 Å². The van der Waals surface area contributed by atoms with E-state index in [2.05, 4.69) is 25.8 Å². The molecule has 1 aromatic heterocycles. The number of piperazine rings is 1. The third-order valence-corrected chi connectivity index (χ3v) is 4.00. The number of aromatic nitrogens is 2. The Bertz CT molecular complexity index is 641. The van der Waals surface area contributed by atoms with Crippen molar-refractivity contribution in [2.45, 2.75) is 0 Å². The molecule has 7 heteroatoms. The van der Waals surface area contributed by atoms with Crippen LogP contribution in [-0.2, 0) is 0 Å². The summed E-state index contributed by atoms with van der Waals surface area (Å²) in [5.41, 5.74) is 6.77. The normalized spacial score (nSPS) is 15.3. The van der Waals surface area contributed by atoms with Gasteiger partial charge in [0.15, 0.2) is 5.82 Å². The lowest BCUT2D eigenvalue weighted by Gasteiger charge is -2.37. The molecule has 0 unspecified atom stereocenters. The highest BCUT2D eigenvalue weighted by molar-refractivity contribution is 6.32. The molecule has 0 spiro atoms. The molecule has 5 nitrogen and oxygen atoms in total. The second-order valence-electron chi connectivity index (χ2n) is 4.85. The van der Waals surface area contributed by atoms with Crippen LogP contribution in [0.25, 0.3) is 0 Å². The van der Waals surface area contributed by atoms with Crippen LogP contribution in [0, 0.1) is 0 Å². The quantitative estimate of drug-likeness (QED) is 0.920. The largest absolute Gasteiger partial charge is 0.368 e. The van der Waals surface area contributed by atoms with Gasteiger partial charge in [0.05, 0.1) is 6.20 Å². The summed E-state index contributed by atoms with van der Waals surface area (Å²) in [4.78, 5) is 12.5. The molecule has 2 N–H and O–H groups in total. The number of rotatable bonds is 2. The molecule has 0 atom stereocenters. The van der Waals surface area contributed by atoms with Crippen LogP contribution in [0.4, 0.5) is 17.5 Å². The number of nitrogens with zero attached hydrogens (tertiary/aromatic N) is 4. The summed E-state index contributed by atoms with van der Waals surface area (Å²) in [6.07, 6.45) is 1.54. The predicted molar refractivity (Wildman–Crippen MR) is 87.3 cm³/mol. The van der Waals surface area contributed by atoms with Gasteiger partial charge in [0.25, 0.3) is 0 Å². The molecular weight excluding hydrogens is 309 g/mol. The minimum absolute atomic E-state index is 0.242. The van der Waals surface area contributed by atoms with Crippen molar-refractivity contribution < 1.29 is 0 Å². The van der Waals surface area contributed by atoms with Crippen LogP contribution >= 0.6 is 23.2 Å². The van der Waals surface area contributed by atoms with Crippen molar-refractivity contribution in [3.63, 3.8) is 0 Å². The van der Waals surface area contributed by atoms with E-state index in [9.17, 15) is 0 Å². The van der Waals surface area contributed by atoms with E-state index in [1.54, 1.807) is 6.20 Å². The average molecular weight is 324 g/mol. The van der Waals surface area contributed by atoms with Gasteiger partial charge in [-0.3, -0.25) is 0 Å². The molecule has 1 fully saturated rings. The Balaban J connectivity index is 1.72. The fourth-order valence-electron chi connectivity index (χ4n) is 2.44. The van der Waals surface area contributed by atoms with Crippen LogP contribution in [0.15, 0.2) is 30.5 Å². The average Bonchev–Trinajstić information content (AvgIpc) is 2.50. The van der Waals surface area contributed by atoms with E-state index in [4.69, 9.17) is 28.9 Å². The van der Waals surface area contributed by atoms with Crippen LogP contribution in [0.2, 0.25) is 10.0 Å². The van der Waals surface area contributed by atoms with Crippen LogP contribution < -0.4 is 15.5 Å². The lowest BCUT2D eigenvalue weighted by atomic mass is 10.2. The Kier molecular flexibility index (Phi) is 4.03. The number of halogens is 2. The topological polar surface area (TPSA) is 58.3 Å². The summed E-state index contributed by atoms with van der Waals surface area (Å²) < 4.78 is 0. The van der Waals surface area contributed by atoms with Crippen molar-refractivity contribution in [1.82, 2.24) is 9.97 Å². The minimum Gasteiger partial charge on any atom is -0.368 e. The van der Waals surface area contributed by atoms with Crippen LogP contribution in [0.3, 0.4) is 0 Å². The molecule has 0 amide bonds. The predicted octanol–water partition coefficient (Wildman–Crippen LogP) is 2.69. The first-order valence-electron chi connectivity index (χ1n) is 6.67. The maximum absolute atomic E-state index is 6.15. The first kappa shape index (κ1) is 14.2. The SMILES string of the molecule is Nc1ncc(Cl)c(N2CCN(c3cccc(Cl)c3)CC2)n1. The highest BCUT2D eigenvalue weighted by Crippen LogP contribution is 2.26. The zero-order valence-electron chi connectivity index (χ0n) is 11.3. The van der Waals surface area contributed by atoms with Gasteiger partial charge in [0.2, 0.25) is 5.95 Å². The molecule has 21 heavy (non-hydrogen) atoms. The summed E-state index contributed by atoms with van der Waals surface area (Å²) in [6.45, 7) is 3.40. The molecule has 2 aromatic rings. The Morgan fingerprint density at radius 2 is 1.76 bits per heavy atom. The van der Waals surface area contributed by atoms with E-state index in [0.29, 0.717) is 10.8 Å². The molecule has 0 aliphatic carbocycles. The van der Waals surface area contributed by atoms with E-state index in [1.165, 1.54) is 0 Å². The lowest BCUT2D eigenvalue weighted by Crippen LogP contribution is -2.47. The van der Waals surface area contributed by atoms with Gasteiger partial charge in [-0.1, -0.05) is 29.3 Å². The maximum atomic E-state index is 6.15. The third-order valence-electron chi connectivity index (χ3n) is 3.50. The van der Waals surface area contributed by atoms with Crippen LogP contribution in [0.1, 0.15) is 0 Å². The standard InChI is InChI=1S/C14H15Cl2N5/c15-10-2-1-3-11(8-10)20-4-6-21(7-5-20)13-12(16)9-18-14(17)19-13/h1-3,8-9H,4-7H2,(H2,17,18,19). The molecule has 1 aliphatic rings. The highest BCUT2D eigenvalue weighted by Gasteiger charge is 2.20. The summed E-state index contributed by atoms with van der Waals surface area (Å²) in [6, 6.07) is 7.89. The van der Waals surface area contributed by atoms with Crippen molar-refractivity contribution >= 4 is 40.7 Å². The Morgan fingerprint density at radius 1 is 1.05 bits per heavy atom. The fourth-order valence-corrected chi connectivity index (χ4v) is 2.84. The number of nitrogens with two attached hydrogens (primary N) is 1. The highest BCUT2D eigenvalue weighted by atomic mass is 35.5. The molecule has 1 aromatic carbocycles. The first-order chi connectivity index (χ1) is 10.1. The summed E-state index contributed by atoms with van der Waals surface area (Å²) in [5.74, 6) is 0.946. The zero-order valence-corrected chi connectivity index (χ0v) is 12.8. The van der Waals surface area contributed by atoms with Crippen molar-refractivity contribution in [3.05, 3.63) is 40.5 Å². The summed E-state index contributed by atoms with van der Waals surface area (Å²) in [5, 5.41) is 1.28. The second kappa shape index (κ2) is 5.95. The van der Waals surface area contributed by atoms with Crippen molar-refractivity contribution in [1.29, 1.82) is 0 Å². The number of hydrogen-bond acceptors (Lipinski definition) is 5. The van der Waals surface area contributed by atoms with Crippen LogP contribution in [0.5, 0.6) is 0 Å². The van der Waals surface area contributed by atoms with Gasteiger partial charge in [-0.15, -0.1) is 0 Å². The van der Waals surface area contributed by atoms with E-state index in [-0.39, 0.29) is 5.95 Å². The lowest BCUT2D eigenvalue weighted by molar-refractivity contribution is 0.647. The maximum Gasteiger partial charge on any atom is 0.222 e. The summed E-state index contributed by atoms with van der Waals surface area (Å²) in [7, 11) is 0. The number of benzene rings is 1. The minimum atomic E-state index is 0.242. The Morgan fingerprint density at radius 3 is 2.48 bits per heavy atom. The van der Waals surface area contributed by atoms with Gasteiger partial charge in [-0.05, 0) is 18.2 Å². The van der Waals surface area contributed by atoms with Gasteiger partial charge in [0, 0.05) is 36.9 Å². The molecular formula is C14H15Cl2N5. The first-order valence-corrected chi connectivity index (χ1v) is 7.42.